The number of amidine groups is 1. The molecule has 0 radical (unpaired) electrons. The molecule has 0 fully saturated rings. The van der Waals surface area contributed by atoms with Gasteiger partial charge >= 0.3 is 0 Å². The first-order valence-electron chi connectivity index (χ1n) is 5.63. The number of carbonyl (C=O) groups is 1. The van der Waals surface area contributed by atoms with Gasteiger partial charge in [0.05, 0.1) is 5.02 Å². The molecule has 0 heterocycles. The van der Waals surface area contributed by atoms with Gasteiger partial charge < -0.3 is 11.1 Å². The maximum Gasteiger partial charge on any atom is 0.225 e. The van der Waals surface area contributed by atoms with Crippen molar-refractivity contribution in [1.82, 2.24) is 5.32 Å². The molecule has 0 aliphatic carbocycles. The molecule has 18 heavy (non-hydrogen) atoms. The smallest absolute Gasteiger partial charge is 0.225 e. The van der Waals surface area contributed by atoms with Gasteiger partial charge in [0.25, 0.3) is 0 Å². The molecular weight excluding hydrogens is 250 g/mol. The van der Waals surface area contributed by atoms with Crippen molar-refractivity contribution in [2.24, 2.45) is 11.1 Å². The summed E-state index contributed by atoms with van der Waals surface area (Å²) in [7, 11) is 0. The third-order valence-electron chi connectivity index (χ3n) is 2.46. The van der Waals surface area contributed by atoms with Crippen LogP contribution in [0.2, 0.25) is 5.02 Å². The van der Waals surface area contributed by atoms with Crippen LogP contribution in [0.1, 0.15) is 31.9 Å². The predicted molar refractivity (Wildman–Crippen MR) is 73.8 cm³/mol. The van der Waals surface area contributed by atoms with Crippen molar-refractivity contribution in [3.05, 3.63) is 34.3 Å². The van der Waals surface area contributed by atoms with Crippen molar-refractivity contribution in [1.29, 1.82) is 5.41 Å². The van der Waals surface area contributed by atoms with Gasteiger partial charge in [-0.05, 0) is 17.7 Å². The zero-order valence-corrected chi connectivity index (χ0v) is 11.6. The molecule has 1 aromatic carbocycles. The summed E-state index contributed by atoms with van der Waals surface area (Å²) in [4.78, 5) is 11.7. The first kappa shape index (κ1) is 14.5. The highest BCUT2D eigenvalue weighted by Crippen LogP contribution is 2.18. The second-order valence-corrected chi connectivity index (χ2v) is 5.57. The summed E-state index contributed by atoms with van der Waals surface area (Å²) in [5.41, 5.74) is 6.35. The predicted octanol–water partition coefficient (Wildman–Crippen LogP) is 2.29. The van der Waals surface area contributed by atoms with Crippen LogP contribution in [0.4, 0.5) is 0 Å². The normalized spacial score (nSPS) is 11.1. The maximum absolute atomic E-state index is 11.7. The molecule has 0 atom stereocenters. The van der Waals surface area contributed by atoms with Gasteiger partial charge in [0, 0.05) is 17.5 Å². The Morgan fingerprint density at radius 1 is 1.44 bits per heavy atom. The van der Waals surface area contributed by atoms with E-state index in [4.69, 9.17) is 22.7 Å². The maximum atomic E-state index is 11.7. The van der Waals surface area contributed by atoms with E-state index in [2.05, 4.69) is 5.32 Å². The van der Waals surface area contributed by atoms with Crippen LogP contribution in [0, 0.1) is 10.8 Å². The lowest BCUT2D eigenvalue weighted by Gasteiger charge is -2.17. The molecule has 0 bridgehead atoms. The molecule has 4 N–H and O–H groups in total. The summed E-state index contributed by atoms with van der Waals surface area (Å²) in [6.07, 6.45) is 0. The van der Waals surface area contributed by atoms with Crippen molar-refractivity contribution >= 4 is 23.3 Å². The van der Waals surface area contributed by atoms with Gasteiger partial charge in [-0.25, -0.2) is 0 Å². The van der Waals surface area contributed by atoms with Crippen molar-refractivity contribution in [2.75, 3.05) is 0 Å². The Hall–Kier alpha value is -1.55. The van der Waals surface area contributed by atoms with E-state index in [0.29, 0.717) is 17.1 Å². The van der Waals surface area contributed by atoms with Crippen molar-refractivity contribution in [3.63, 3.8) is 0 Å². The van der Waals surface area contributed by atoms with E-state index in [1.165, 1.54) is 0 Å². The number of carbonyl (C=O) groups excluding carboxylic acids is 1. The fraction of sp³-hybridized carbons (Fsp3) is 0.385. The molecule has 0 spiro atoms. The van der Waals surface area contributed by atoms with Crippen molar-refractivity contribution in [2.45, 2.75) is 27.3 Å². The van der Waals surface area contributed by atoms with Crippen molar-refractivity contribution in [3.8, 4) is 0 Å². The third-order valence-corrected chi connectivity index (χ3v) is 2.78. The number of halogens is 1. The molecule has 0 aromatic heterocycles. The number of nitrogen functional groups attached to an aromatic ring is 1. The molecule has 5 heteroatoms. The van der Waals surface area contributed by atoms with Crippen molar-refractivity contribution < 1.29 is 4.79 Å². The first-order chi connectivity index (χ1) is 8.21. The topological polar surface area (TPSA) is 79.0 Å². The van der Waals surface area contributed by atoms with Gasteiger partial charge in [-0.2, -0.15) is 0 Å². The lowest BCUT2D eigenvalue weighted by molar-refractivity contribution is -0.128. The highest BCUT2D eigenvalue weighted by molar-refractivity contribution is 6.33. The minimum Gasteiger partial charge on any atom is -0.384 e. The zero-order valence-electron chi connectivity index (χ0n) is 10.8. The largest absolute Gasteiger partial charge is 0.384 e. The molecule has 98 valence electrons. The van der Waals surface area contributed by atoms with Gasteiger partial charge in [0.15, 0.2) is 0 Å². The third kappa shape index (κ3) is 3.74. The Bertz CT molecular complexity index is 478. The summed E-state index contributed by atoms with van der Waals surface area (Å²) in [6.45, 7) is 5.95. The number of benzene rings is 1. The number of hydrogen-bond acceptors (Lipinski definition) is 2. The minimum absolute atomic E-state index is 0.0261. The molecule has 1 rings (SSSR count). The molecule has 0 aliphatic heterocycles. The number of amides is 1. The number of nitrogens with two attached hydrogens (primary N) is 1. The van der Waals surface area contributed by atoms with E-state index in [0.717, 1.165) is 5.56 Å². The average molecular weight is 268 g/mol. The highest BCUT2D eigenvalue weighted by Gasteiger charge is 2.20. The summed E-state index contributed by atoms with van der Waals surface area (Å²) in [5.74, 6) is -0.106. The van der Waals surface area contributed by atoms with E-state index < -0.39 is 5.41 Å². The van der Waals surface area contributed by atoms with Crippen LogP contribution < -0.4 is 11.1 Å². The standard InChI is InChI=1S/C13H18ClN3O/c1-13(2,3)12(18)17-7-8-4-5-10(14)9(6-8)11(15)16/h4-6H,7H2,1-3H3,(H3,15,16)(H,17,18). The van der Waals surface area contributed by atoms with Crippen LogP contribution in [0.25, 0.3) is 0 Å². The van der Waals surface area contributed by atoms with Gasteiger partial charge in [0.2, 0.25) is 5.91 Å². The molecule has 4 nitrogen and oxygen atoms in total. The molecule has 0 unspecified atom stereocenters. The fourth-order valence-electron chi connectivity index (χ4n) is 1.34. The minimum atomic E-state index is -0.421. The van der Waals surface area contributed by atoms with Crippen LogP contribution >= 0.6 is 11.6 Å². The average Bonchev–Trinajstić information content (AvgIpc) is 2.25. The van der Waals surface area contributed by atoms with Crippen LogP contribution in [0.3, 0.4) is 0 Å². The zero-order chi connectivity index (χ0) is 13.9. The Balaban J connectivity index is 2.78. The van der Waals surface area contributed by atoms with Gasteiger partial charge in [-0.3, -0.25) is 10.2 Å². The molecule has 0 saturated carbocycles. The van der Waals surface area contributed by atoms with Gasteiger partial charge in [-0.1, -0.05) is 38.4 Å². The number of rotatable bonds is 3. The monoisotopic (exact) mass is 267 g/mol. The summed E-state index contributed by atoms with van der Waals surface area (Å²) in [6, 6.07) is 5.20. The number of nitrogens with one attached hydrogen (secondary N) is 2. The Morgan fingerprint density at radius 3 is 2.56 bits per heavy atom. The second kappa shape index (κ2) is 5.40. The van der Waals surface area contributed by atoms with Crippen LogP contribution in [-0.2, 0) is 11.3 Å². The SMILES string of the molecule is CC(C)(C)C(=O)NCc1ccc(Cl)c(C(=N)N)c1. The molecule has 0 aliphatic rings. The molecular formula is C13H18ClN3O. The first-order valence-corrected chi connectivity index (χ1v) is 6.00. The fourth-order valence-corrected chi connectivity index (χ4v) is 1.56. The molecule has 0 saturated heterocycles. The molecule has 1 amide bonds. The van der Waals surface area contributed by atoms with Gasteiger partial charge in [0.1, 0.15) is 5.84 Å². The van der Waals surface area contributed by atoms with E-state index in [9.17, 15) is 4.79 Å². The van der Waals surface area contributed by atoms with Crippen LogP contribution in [0.5, 0.6) is 0 Å². The Kier molecular flexibility index (Phi) is 4.35. The van der Waals surface area contributed by atoms with Crippen LogP contribution in [-0.4, -0.2) is 11.7 Å². The summed E-state index contributed by atoms with van der Waals surface area (Å²) >= 11 is 5.92. The van der Waals surface area contributed by atoms with E-state index in [1.807, 2.05) is 20.8 Å². The second-order valence-electron chi connectivity index (χ2n) is 5.16. The van der Waals surface area contributed by atoms with E-state index in [-0.39, 0.29) is 11.7 Å². The van der Waals surface area contributed by atoms with E-state index in [1.54, 1.807) is 18.2 Å². The van der Waals surface area contributed by atoms with E-state index >= 15 is 0 Å². The quantitative estimate of drug-likeness (QED) is 0.580. The summed E-state index contributed by atoms with van der Waals surface area (Å²) in [5, 5.41) is 10.7. The lowest BCUT2D eigenvalue weighted by Crippen LogP contribution is -2.34. The lowest BCUT2D eigenvalue weighted by atomic mass is 9.95. The Labute approximate surface area is 112 Å². The molecule has 1 aromatic rings. The number of hydrogen-bond donors (Lipinski definition) is 3. The van der Waals surface area contributed by atoms with Gasteiger partial charge in [-0.15, -0.1) is 0 Å². The van der Waals surface area contributed by atoms with Crippen LogP contribution in [0.15, 0.2) is 18.2 Å². The summed E-state index contributed by atoms with van der Waals surface area (Å²) < 4.78 is 0. The highest BCUT2D eigenvalue weighted by atomic mass is 35.5. The Morgan fingerprint density at radius 2 is 2.06 bits per heavy atom.